The Morgan fingerprint density at radius 1 is 1.12 bits per heavy atom. The fourth-order valence-corrected chi connectivity index (χ4v) is 3.87. The van der Waals surface area contributed by atoms with Crippen molar-refractivity contribution in [1.29, 1.82) is 0 Å². The topological polar surface area (TPSA) is 80.7 Å². The molecule has 2 amide bonds. The molecule has 2 aromatic carbocycles. The van der Waals surface area contributed by atoms with Gasteiger partial charge in [0.15, 0.2) is 11.5 Å². The summed E-state index contributed by atoms with van der Waals surface area (Å²) >= 11 is 0. The molecule has 0 bridgehead atoms. The van der Waals surface area contributed by atoms with Gasteiger partial charge in [0, 0.05) is 32.1 Å². The zero-order valence-electron chi connectivity index (χ0n) is 19.9. The van der Waals surface area contributed by atoms with E-state index in [0.717, 1.165) is 5.56 Å². The number of halogens is 1. The summed E-state index contributed by atoms with van der Waals surface area (Å²) in [6, 6.07) is 11.2. The maximum atomic E-state index is 14.5. The minimum atomic E-state index is -0.497. The first-order valence-corrected chi connectivity index (χ1v) is 11.1. The van der Waals surface area contributed by atoms with Crippen LogP contribution in [0.25, 0.3) is 0 Å². The molecule has 2 aromatic rings. The number of amides is 2. The summed E-state index contributed by atoms with van der Waals surface area (Å²) in [4.78, 5) is 27.2. The summed E-state index contributed by atoms with van der Waals surface area (Å²) in [5, 5.41) is 5.85. The maximum absolute atomic E-state index is 14.5. The first-order valence-electron chi connectivity index (χ1n) is 11.1. The molecule has 3 rings (SSSR count). The van der Waals surface area contributed by atoms with Gasteiger partial charge in [-0.05, 0) is 23.8 Å². The van der Waals surface area contributed by atoms with Crippen molar-refractivity contribution in [3.8, 4) is 11.5 Å². The van der Waals surface area contributed by atoms with Gasteiger partial charge in [0.1, 0.15) is 12.4 Å². The molecule has 0 N–H and O–H groups in total. The number of hydrogen-bond acceptors (Lipinski definition) is 6. The van der Waals surface area contributed by atoms with Gasteiger partial charge in [-0.25, -0.2) is 9.40 Å². The standard InChI is InChI=1S/C25H30FN3O5/c1-5-24(30)28(12-13-32-2)16-25(31)29-21(17-10-11-22(33-3)23(14-17)34-4)15-20(27-29)18-8-6-7-9-19(18)26/h6-11,14,21H,5,12-13,15-16H2,1-4H3/t21-/m0/s1. The fraction of sp³-hybridized carbons (Fsp3) is 0.400. The van der Waals surface area contributed by atoms with Crippen LogP contribution in [0.4, 0.5) is 4.39 Å². The summed E-state index contributed by atoms with van der Waals surface area (Å²) < 4.78 is 30.4. The van der Waals surface area contributed by atoms with Crippen LogP contribution in [-0.2, 0) is 14.3 Å². The number of nitrogens with zero attached hydrogens (tertiary/aromatic N) is 3. The first-order chi connectivity index (χ1) is 16.4. The third kappa shape index (κ3) is 5.53. The zero-order valence-corrected chi connectivity index (χ0v) is 19.9. The number of methoxy groups -OCH3 is 3. The lowest BCUT2D eigenvalue weighted by Crippen LogP contribution is -2.42. The Bertz CT molecular complexity index is 1060. The highest BCUT2D eigenvalue weighted by molar-refractivity contribution is 6.03. The first kappa shape index (κ1) is 25.2. The van der Waals surface area contributed by atoms with Crippen molar-refractivity contribution in [2.24, 2.45) is 5.10 Å². The third-order valence-corrected chi connectivity index (χ3v) is 5.69. The monoisotopic (exact) mass is 471 g/mol. The van der Waals surface area contributed by atoms with Crippen molar-refractivity contribution in [3.05, 3.63) is 59.4 Å². The minimum absolute atomic E-state index is 0.159. The van der Waals surface area contributed by atoms with Crippen molar-refractivity contribution in [1.82, 2.24) is 9.91 Å². The number of rotatable bonds is 10. The molecule has 1 aliphatic heterocycles. The SMILES string of the molecule is CCC(=O)N(CCOC)CC(=O)N1N=C(c2ccccc2F)C[C@H]1c1ccc(OC)c(OC)c1. The molecule has 34 heavy (non-hydrogen) atoms. The molecule has 0 aliphatic carbocycles. The Balaban J connectivity index is 1.97. The highest BCUT2D eigenvalue weighted by Crippen LogP contribution is 2.37. The average Bonchev–Trinajstić information content (AvgIpc) is 3.31. The second kappa shape index (κ2) is 11.6. The second-order valence-electron chi connectivity index (χ2n) is 7.76. The highest BCUT2D eigenvalue weighted by atomic mass is 19.1. The summed E-state index contributed by atoms with van der Waals surface area (Å²) in [7, 11) is 4.61. The quantitative estimate of drug-likeness (QED) is 0.531. The van der Waals surface area contributed by atoms with E-state index in [0.29, 0.717) is 35.8 Å². The van der Waals surface area contributed by atoms with Crippen LogP contribution in [0.2, 0.25) is 0 Å². The van der Waals surface area contributed by atoms with E-state index in [4.69, 9.17) is 14.2 Å². The van der Waals surface area contributed by atoms with E-state index in [1.165, 1.54) is 30.2 Å². The van der Waals surface area contributed by atoms with Crippen LogP contribution < -0.4 is 9.47 Å². The second-order valence-corrected chi connectivity index (χ2v) is 7.76. The van der Waals surface area contributed by atoms with E-state index in [1.807, 2.05) is 6.07 Å². The lowest BCUT2D eigenvalue weighted by molar-refractivity contribution is -0.141. The Labute approximate surface area is 198 Å². The van der Waals surface area contributed by atoms with Crippen LogP contribution in [0, 0.1) is 5.82 Å². The molecule has 0 saturated heterocycles. The Morgan fingerprint density at radius 3 is 2.50 bits per heavy atom. The number of carbonyl (C=O) groups is 2. The van der Waals surface area contributed by atoms with Gasteiger partial charge in [-0.3, -0.25) is 9.59 Å². The van der Waals surface area contributed by atoms with Gasteiger partial charge in [0.05, 0.1) is 32.6 Å². The smallest absolute Gasteiger partial charge is 0.262 e. The van der Waals surface area contributed by atoms with Crippen molar-refractivity contribution in [2.45, 2.75) is 25.8 Å². The lowest BCUT2D eigenvalue weighted by Gasteiger charge is -2.27. The molecule has 0 spiro atoms. The Kier molecular flexibility index (Phi) is 8.59. The molecule has 1 atom stereocenters. The molecule has 9 heteroatoms. The number of hydrogen-bond donors (Lipinski definition) is 0. The van der Waals surface area contributed by atoms with E-state index in [9.17, 15) is 14.0 Å². The summed E-state index contributed by atoms with van der Waals surface area (Å²) in [5.41, 5.74) is 1.55. The number of benzene rings is 2. The number of carbonyl (C=O) groups excluding carboxylic acids is 2. The number of hydrazone groups is 1. The molecule has 8 nitrogen and oxygen atoms in total. The average molecular weight is 472 g/mol. The minimum Gasteiger partial charge on any atom is -0.493 e. The Hall–Kier alpha value is -3.46. The third-order valence-electron chi connectivity index (χ3n) is 5.69. The van der Waals surface area contributed by atoms with Crippen LogP contribution in [-0.4, -0.2) is 68.5 Å². The van der Waals surface area contributed by atoms with Gasteiger partial charge in [0.25, 0.3) is 5.91 Å². The Morgan fingerprint density at radius 2 is 1.85 bits per heavy atom. The van der Waals surface area contributed by atoms with Crippen molar-refractivity contribution in [2.75, 3.05) is 41.0 Å². The van der Waals surface area contributed by atoms with E-state index in [2.05, 4.69) is 5.10 Å². The van der Waals surface area contributed by atoms with Crippen molar-refractivity contribution < 1.29 is 28.2 Å². The predicted octanol–water partition coefficient (Wildman–Crippen LogP) is 3.41. The van der Waals surface area contributed by atoms with Crippen LogP contribution in [0.5, 0.6) is 11.5 Å². The molecule has 1 heterocycles. The summed E-state index contributed by atoms with van der Waals surface area (Å²) in [5.74, 6) is 0.116. The van der Waals surface area contributed by atoms with E-state index < -0.39 is 11.9 Å². The van der Waals surface area contributed by atoms with E-state index in [1.54, 1.807) is 44.4 Å². The normalized spacial score (nSPS) is 15.1. The lowest BCUT2D eigenvalue weighted by atomic mass is 9.97. The van der Waals surface area contributed by atoms with Crippen LogP contribution in [0.15, 0.2) is 47.6 Å². The fourth-order valence-electron chi connectivity index (χ4n) is 3.87. The zero-order chi connectivity index (χ0) is 24.7. The van der Waals surface area contributed by atoms with Gasteiger partial charge in [-0.15, -0.1) is 0 Å². The predicted molar refractivity (Wildman–Crippen MR) is 125 cm³/mol. The molecular formula is C25H30FN3O5. The maximum Gasteiger partial charge on any atom is 0.262 e. The molecule has 0 radical (unpaired) electrons. The molecule has 0 unspecified atom stereocenters. The molecule has 0 fully saturated rings. The van der Waals surface area contributed by atoms with E-state index >= 15 is 0 Å². The van der Waals surface area contributed by atoms with Crippen LogP contribution in [0.3, 0.4) is 0 Å². The van der Waals surface area contributed by atoms with Crippen molar-refractivity contribution in [3.63, 3.8) is 0 Å². The van der Waals surface area contributed by atoms with Gasteiger partial charge in [0.2, 0.25) is 5.91 Å². The van der Waals surface area contributed by atoms with Gasteiger partial charge < -0.3 is 19.1 Å². The summed E-state index contributed by atoms with van der Waals surface area (Å²) in [6.07, 6.45) is 0.571. The van der Waals surface area contributed by atoms with Crippen LogP contribution in [0.1, 0.15) is 36.9 Å². The van der Waals surface area contributed by atoms with Gasteiger partial charge in [-0.2, -0.15) is 5.10 Å². The van der Waals surface area contributed by atoms with Crippen molar-refractivity contribution >= 4 is 17.5 Å². The van der Waals surface area contributed by atoms with Gasteiger partial charge >= 0.3 is 0 Å². The number of ether oxygens (including phenoxy) is 3. The molecule has 182 valence electrons. The summed E-state index contributed by atoms with van der Waals surface area (Å²) in [6.45, 7) is 2.17. The van der Waals surface area contributed by atoms with E-state index in [-0.39, 0.29) is 31.3 Å². The van der Waals surface area contributed by atoms with Crippen LogP contribution >= 0.6 is 0 Å². The van der Waals surface area contributed by atoms with Gasteiger partial charge in [-0.1, -0.05) is 31.2 Å². The molecular weight excluding hydrogens is 441 g/mol. The molecule has 0 saturated carbocycles. The molecule has 0 aromatic heterocycles. The highest BCUT2D eigenvalue weighted by Gasteiger charge is 2.35. The largest absolute Gasteiger partial charge is 0.493 e. The molecule has 1 aliphatic rings.